The third kappa shape index (κ3) is 6.45. The number of aliphatic hydroxyl groups is 1. The predicted molar refractivity (Wildman–Crippen MR) is 88.0 cm³/mol. The van der Waals surface area contributed by atoms with E-state index in [1.54, 1.807) is 7.11 Å². The van der Waals surface area contributed by atoms with Gasteiger partial charge in [0, 0.05) is 12.1 Å². The molecule has 0 unspecified atom stereocenters. The molecule has 5 nitrogen and oxygen atoms in total. The van der Waals surface area contributed by atoms with Gasteiger partial charge in [0.15, 0.2) is 0 Å². The average molecular weight is 308 g/mol. The summed E-state index contributed by atoms with van der Waals surface area (Å²) in [5.74, 6) is 0.678. The first kappa shape index (κ1) is 18.5. The molecular formula is C17H28N2O3. The van der Waals surface area contributed by atoms with Crippen molar-refractivity contribution in [1.82, 2.24) is 10.2 Å². The fourth-order valence-corrected chi connectivity index (χ4v) is 2.17. The molecule has 0 fully saturated rings. The molecule has 0 radical (unpaired) electrons. The molecule has 5 heteroatoms. The minimum absolute atomic E-state index is 0.0350. The lowest BCUT2D eigenvalue weighted by atomic mass is 10.1. The number of benzene rings is 1. The maximum atomic E-state index is 12.0. The van der Waals surface area contributed by atoms with Gasteiger partial charge < -0.3 is 15.2 Å². The lowest BCUT2D eigenvalue weighted by Gasteiger charge is -2.26. The SMILES string of the molecule is CCN(CC(=O)NC(C)(C)C)C[C@H](O)c1cccc(OC)c1. The molecule has 0 bridgehead atoms. The van der Waals surface area contributed by atoms with Gasteiger partial charge in [0.05, 0.1) is 19.8 Å². The van der Waals surface area contributed by atoms with Gasteiger partial charge in [0.1, 0.15) is 5.75 Å². The second-order valence-electron chi connectivity index (χ2n) is 6.42. The highest BCUT2D eigenvalue weighted by atomic mass is 16.5. The van der Waals surface area contributed by atoms with E-state index in [2.05, 4.69) is 5.32 Å². The minimum atomic E-state index is -0.655. The van der Waals surface area contributed by atoms with Gasteiger partial charge in [-0.2, -0.15) is 0 Å². The summed E-state index contributed by atoms with van der Waals surface area (Å²) < 4.78 is 5.17. The third-order valence-corrected chi connectivity index (χ3v) is 3.24. The molecule has 2 N–H and O–H groups in total. The Hall–Kier alpha value is -1.59. The van der Waals surface area contributed by atoms with Crippen LogP contribution in [-0.2, 0) is 4.79 Å². The largest absolute Gasteiger partial charge is 0.497 e. The van der Waals surface area contributed by atoms with Crippen LogP contribution in [0.4, 0.5) is 0 Å². The maximum Gasteiger partial charge on any atom is 0.234 e. The molecular weight excluding hydrogens is 280 g/mol. The Kier molecular flexibility index (Phi) is 6.84. The lowest BCUT2D eigenvalue weighted by molar-refractivity contribution is -0.123. The van der Waals surface area contributed by atoms with Crippen LogP contribution in [0.1, 0.15) is 39.4 Å². The fraction of sp³-hybridized carbons (Fsp3) is 0.588. The van der Waals surface area contributed by atoms with E-state index in [9.17, 15) is 9.90 Å². The average Bonchev–Trinajstić information content (AvgIpc) is 2.44. The molecule has 0 aliphatic heterocycles. The molecule has 0 saturated heterocycles. The normalized spacial score (nSPS) is 13.0. The summed E-state index contributed by atoms with van der Waals surface area (Å²) in [6.45, 7) is 9.20. The van der Waals surface area contributed by atoms with E-state index >= 15 is 0 Å². The first-order chi connectivity index (χ1) is 10.2. The number of aliphatic hydroxyl groups excluding tert-OH is 1. The Morgan fingerprint density at radius 2 is 2.09 bits per heavy atom. The Labute approximate surface area is 133 Å². The van der Waals surface area contributed by atoms with Crippen molar-refractivity contribution < 1.29 is 14.6 Å². The lowest BCUT2D eigenvalue weighted by Crippen LogP contribution is -2.46. The number of amides is 1. The van der Waals surface area contributed by atoms with Crippen LogP contribution in [0.15, 0.2) is 24.3 Å². The molecule has 0 aliphatic carbocycles. The van der Waals surface area contributed by atoms with Crippen molar-refractivity contribution in [2.75, 3.05) is 26.7 Å². The van der Waals surface area contributed by atoms with Gasteiger partial charge in [-0.05, 0) is 45.0 Å². The van der Waals surface area contributed by atoms with Gasteiger partial charge in [-0.15, -0.1) is 0 Å². The fourth-order valence-electron chi connectivity index (χ4n) is 2.17. The Morgan fingerprint density at radius 1 is 1.41 bits per heavy atom. The molecule has 1 atom stereocenters. The Morgan fingerprint density at radius 3 is 2.64 bits per heavy atom. The van der Waals surface area contributed by atoms with Crippen LogP contribution in [-0.4, -0.2) is 48.2 Å². The summed E-state index contributed by atoms with van der Waals surface area (Å²) in [5.41, 5.74) is 0.538. The van der Waals surface area contributed by atoms with Gasteiger partial charge in [0.25, 0.3) is 0 Å². The summed E-state index contributed by atoms with van der Waals surface area (Å²) in [7, 11) is 1.60. The van der Waals surface area contributed by atoms with Crippen LogP contribution in [0.2, 0.25) is 0 Å². The van der Waals surface area contributed by atoms with Gasteiger partial charge in [-0.1, -0.05) is 19.1 Å². The van der Waals surface area contributed by atoms with Gasteiger partial charge >= 0.3 is 0 Å². The minimum Gasteiger partial charge on any atom is -0.497 e. The summed E-state index contributed by atoms with van der Waals surface area (Å²) >= 11 is 0. The number of methoxy groups -OCH3 is 1. The molecule has 0 saturated carbocycles. The summed E-state index contributed by atoms with van der Waals surface area (Å²) in [5, 5.41) is 13.3. The van der Waals surface area contributed by atoms with Crippen molar-refractivity contribution in [2.45, 2.75) is 39.3 Å². The van der Waals surface area contributed by atoms with E-state index in [-0.39, 0.29) is 18.0 Å². The van der Waals surface area contributed by atoms with Gasteiger partial charge in [0.2, 0.25) is 5.91 Å². The van der Waals surface area contributed by atoms with Crippen molar-refractivity contribution in [2.24, 2.45) is 0 Å². The summed E-state index contributed by atoms with van der Waals surface area (Å²) in [4.78, 5) is 13.9. The molecule has 1 aromatic carbocycles. The molecule has 0 aliphatic rings. The molecule has 124 valence electrons. The van der Waals surface area contributed by atoms with Crippen LogP contribution in [0, 0.1) is 0 Å². The summed E-state index contributed by atoms with van der Waals surface area (Å²) in [6.07, 6.45) is -0.655. The van der Waals surface area contributed by atoms with Gasteiger partial charge in [-0.3, -0.25) is 9.69 Å². The number of nitrogens with one attached hydrogen (secondary N) is 1. The standard InChI is InChI=1S/C17H28N2O3/c1-6-19(12-16(21)18-17(2,3)4)11-15(20)13-8-7-9-14(10-13)22-5/h7-10,15,20H,6,11-12H2,1-5H3,(H,18,21)/t15-/m0/s1. The zero-order chi connectivity index (χ0) is 16.8. The highest BCUT2D eigenvalue weighted by Gasteiger charge is 2.18. The molecule has 0 aromatic heterocycles. The van der Waals surface area contributed by atoms with Crippen LogP contribution >= 0.6 is 0 Å². The molecule has 0 spiro atoms. The maximum absolute atomic E-state index is 12.0. The number of carbonyl (C=O) groups is 1. The third-order valence-electron chi connectivity index (χ3n) is 3.24. The van der Waals surface area contributed by atoms with E-state index in [1.165, 1.54) is 0 Å². The van der Waals surface area contributed by atoms with Crippen molar-refractivity contribution >= 4 is 5.91 Å². The smallest absolute Gasteiger partial charge is 0.234 e. The first-order valence-electron chi connectivity index (χ1n) is 7.60. The number of likely N-dealkylation sites (N-methyl/N-ethyl adjacent to an activating group) is 1. The number of ether oxygens (including phenoxy) is 1. The molecule has 0 heterocycles. The van der Waals surface area contributed by atoms with E-state index in [4.69, 9.17) is 4.74 Å². The molecule has 1 aromatic rings. The van der Waals surface area contributed by atoms with Crippen LogP contribution in [0.25, 0.3) is 0 Å². The van der Waals surface area contributed by atoms with Crippen molar-refractivity contribution in [3.05, 3.63) is 29.8 Å². The highest BCUT2D eigenvalue weighted by molar-refractivity contribution is 5.78. The zero-order valence-corrected chi connectivity index (χ0v) is 14.2. The quantitative estimate of drug-likeness (QED) is 0.808. The molecule has 22 heavy (non-hydrogen) atoms. The molecule has 1 rings (SSSR count). The predicted octanol–water partition coefficient (Wildman–Crippen LogP) is 1.97. The van der Waals surface area contributed by atoms with E-state index in [1.807, 2.05) is 56.9 Å². The summed E-state index contributed by atoms with van der Waals surface area (Å²) in [6, 6.07) is 7.36. The van der Waals surface area contributed by atoms with Crippen LogP contribution in [0.5, 0.6) is 5.75 Å². The number of rotatable bonds is 7. The second-order valence-corrected chi connectivity index (χ2v) is 6.42. The molecule has 1 amide bonds. The van der Waals surface area contributed by atoms with Crippen LogP contribution < -0.4 is 10.1 Å². The first-order valence-corrected chi connectivity index (χ1v) is 7.60. The topological polar surface area (TPSA) is 61.8 Å². The Balaban J connectivity index is 2.63. The number of nitrogens with zero attached hydrogens (tertiary/aromatic N) is 1. The van der Waals surface area contributed by atoms with E-state index in [0.29, 0.717) is 18.8 Å². The number of carbonyl (C=O) groups excluding carboxylic acids is 1. The second kappa shape index (κ2) is 8.15. The highest BCUT2D eigenvalue weighted by Crippen LogP contribution is 2.19. The number of hydrogen-bond acceptors (Lipinski definition) is 4. The van der Waals surface area contributed by atoms with Crippen molar-refractivity contribution in [3.8, 4) is 5.75 Å². The zero-order valence-electron chi connectivity index (χ0n) is 14.2. The monoisotopic (exact) mass is 308 g/mol. The van der Waals surface area contributed by atoms with Crippen molar-refractivity contribution in [1.29, 1.82) is 0 Å². The van der Waals surface area contributed by atoms with Crippen molar-refractivity contribution in [3.63, 3.8) is 0 Å². The number of hydrogen-bond donors (Lipinski definition) is 2. The van der Waals surface area contributed by atoms with E-state index in [0.717, 1.165) is 5.56 Å². The van der Waals surface area contributed by atoms with E-state index < -0.39 is 6.10 Å². The Bertz CT molecular complexity index is 483. The van der Waals surface area contributed by atoms with Gasteiger partial charge in [-0.25, -0.2) is 0 Å². The van der Waals surface area contributed by atoms with Crippen LogP contribution in [0.3, 0.4) is 0 Å².